The van der Waals surface area contributed by atoms with Crippen molar-refractivity contribution in [2.75, 3.05) is 31.7 Å². The molecule has 150 valence electrons. The highest BCUT2D eigenvalue weighted by Crippen LogP contribution is 2.42. The molecule has 1 N–H and O–H groups in total. The molecule has 2 aromatic heterocycles. The van der Waals surface area contributed by atoms with E-state index in [-0.39, 0.29) is 5.60 Å². The molecule has 3 aromatic rings. The van der Waals surface area contributed by atoms with Gasteiger partial charge >= 0.3 is 5.97 Å². The zero-order valence-corrected chi connectivity index (χ0v) is 16.2. The number of methoxy groups -OCH3 is 1. The molecule has 8 nitrogen and oxygen atoms in total. The highest BCUT2D eigenvalue weighted by atomic mass is 16.5. The van der Waals surface area contributed by atoms with Crippen molar-refractivity contribution in [3.8, 4) is 11.3 Å². The van der Waals surface area contributed by atoms with Crippen molar-refractivity contribution in [3.63, 3.8) is 0 Å². The van der Waals surface area contributed by atoms with Gasteiger partial charge in [-0.2, -0.15) is 5.10 Å². The Hall–Kier alpha value is -3.13. The summed E-state index contributed by atoms with van der Waals surface area (Å²) in [6, 6.07) is 9.48. The number of piperidine rings is 1. The van der Waals surface area contributed by atoms with Crippen molar-refractivity contribution in [2.24, 2.45) is 0 Å². The molecule has 0 bridgehead atoms. The smallest absolute Gasteiger partial charge is 0.345 e. The van der Waals surface area contributed by atoms with Gasteiger partial charge in [0.1, 0.15) is 5.60 Å². The Morgan fingerprint density at radius 3 is 2.79 bits per heavy atom. The molecule has 0 atom stereocenters. The van der Waals surface area contributed by atoms with Crippen LogP contribution in [0.1, 0.15) is 34.5 Å². The monoisotopic (exact) mass is 394 g/mol. The molecule has 1 fully saturated rings. The van der Waals surface area contributed by atoms with E-state index in [0.717, 1.165) is 30.5 Å². The second-order valence-corrected chi connectivity index (χ2v) is 7.42. The number of nitrogens with zero attached hydrogens (tertiary/aromatic N) is 3. The Kier molecular flexibility index (Phi) is 4.35. The molecule has 0 unspecified atom stereocenters. The number of carbonyl (C=O) groups excluding carboxylic acids is 1. The van der Waals surface area contributed by atoms with Gasteiger partial charge in [-0.1, -0.05) is 35.5 Å². The summed E-state index contributed by atoms with van der Waals surface area (Å²) < 4.78 is 16.8. The third kappa shape index (κ3) is 2.91. The highest BCUT2D eigenvalue weighted by Gasteiger charge is 2.43. The Balaban J connectivity index is 1.45. The average molecular weight is 394 g/mol. The molecular formula is C21H22N4O4. The van der Waals surface area contributed by atoms with Crippen LogP contribution in [0.3, 0.4) is 0 Å². The largest absolute Gasteiger partial charge is 0.465 e. The highest BCUT2D eigenvalue weighted by molar-refractivity contribution is 6.00. The minimum atomic E-state index is -0.454. The quantitative estimate of drug-likeness (QED) is 0.683. The van der Waals surface area contributed by atoms with E-state index >= 15 is 0 Å². The Morgan fingerprint density at radius 1 is 1.24 bits per heavy atom. The van der Waals surface area contributed by atoms with Gasteiger partial charge in [0.25, 0.3) is 0 Å². The molecule has 4 heterocycles. The molecule has 29 heavy (non-hydrogen) atoms. The van der Waals surface area contributed by atoms with Gasteiger partial charge in [-0.15, -0.1) is 0 Å². The predicted octanol–water partition coefficient (Wildman–Crippen LogP) is 2.92. The van der Waals surface area contributed by atoms with Crippen LogP contribution in [-0.4, -0.2) is 48.1 Å². The van der Waals surface area contributed by atoms with E-state index in [2.05, 4.69) is 20.3 Å². The van der Waals surface area contributed by atoms with Crippen LogP contribution in [0.2, 0.25) is 0 Å². The van der Waals surface area contributed by atoms with Gasteiger partial charge in [0, 0.05) is 18.7 Å². The van der Waals surface area contributed by atoms with Crippen LogP contribution in [0.25, 0.3) is 11.3 Å². The van der Waals surface area contributed by atoms with Crippen molar-refractivity contribution in [1.82, 2.24) is 15.4 Å². The maximum atomic E-state index is 12.6. The number of rotatable bonds is 3. The van der Waals surface area contributed by atoms with Crippen molar-refractivity contribution in [2.45, 2.75) is 24.9 Å². The summed E-state index contributed by atoms with van der Waals surface area (Å²) in [5, 5.41) is 11.6. The molecule has 0 saturated carbocycles. The van der Waals surface area contributed by atoms with Crippen LogP contribution in [0.4, 0.5) is 5.82 Å². The molecule has 8 heteroatoms. The lowest BCUT2D eigenvalue weighted by Crippen LogP contribution is -2.47. The van der Waals surface area contributed by atoms with E-state index in [9.17, 15) is 4.79 Å². The molecule has 1 spiro atoms. The van der Waals surface area contributed by atoms with Gasteiger partial charge in [-0.05, 0) is 24.8 Å². The van der Waals surface area contributed by atoms with Crippen molar-refractivity contribution >= 4 is 11.8 Å². The first kappa shape index (κ1) is 17.9. The van der Waals surface area contributed by atoms with Crippen molar-refractivity contribution in [3.05, 3.63) is 53.3 Å². The lowest BCUT2D eigenvalue weighted by atomic mass is 9.83. The molecule has 2 aliphatic heterocycles. The number of carbonyl (C=O) groups is 1. The number of ether oxygens (including phenoxy) is 2. The fraction of sp³-hybridized carbons (Fsp3) is 0.381. The SMILES string of the molecule is COC(=O)c1c(N2CCC3(CC2)OCCc2cn[nH]c23)noc1-c1ccccc1. The summed E-state index contributed by atoms with van der Waals surface area (Å²) in [7, 11) is 1.37. The van der Waals surface area contributed by atoms with Crippen LogP contribution in [-0.2, 0) is 21.5 Å². The summed E-state index contributed by atoms with van der Waals surface area (Å²) in [5.41, 5.74) is 3.12. The minimum Gasteiger partial charge on any atom is -0.465 e. The number of esters is 1. The summed E-state index contributed by atoms with van der Waals surface area (Å²) in [4.78, 5) is 14.6. The molecule has 1 saturated heterocycles. The topological polar surface area (TPSA) is 93.5 Å². The Labute approximate surface area is 167 Å². The van der Waals surface area contributed by atoms with Gasteiger partial charge in [-0.25, -0.2) is 4.79 Å². The number of hydrogen-bond donors (Lipinski definition) is 1. The van der Waals surface area contributed by atoms with Gasteiger partial charge in [-0.3, -0.25) is 5.10 Å². The summed E-state index contributed by atoms with van der Waals surface area (Å²) in [6.07, 6.45) is 4.32. The van der Waals surface area contributed by atoms with Gasteiger partial charge in [0.05, 0.1) is 25.6 Å². The molecule has 5 rings (SSSR count). The number of aromatic nitrogens is 3. The predicted molar refractivity (Wildman–Crippen MR) is 105 cm³/mol. The van der Waals surface area contributed by atoms with Crippen molar-refractivity contribution in [1.29, 1.82) is 0 Å². The molecular weight excluding hydrogens is 372 g/mol. The second-order valence-electron chi connectivity index (χ2n) is 7.42. The molecule has 0 radical (unpaired) electrons. The molecule has 0 aliphatic carbocycles. The Morgan fingerprint density at radius 2 is 2.03 bits per heavy atom. The van der Waals surface area contributed by atoms with E-state index in [0.29, 0.717) is 36.8 Å². The van der Waals surface area contributed by atoms with E-state index < -0.39 is 5.97 Å². The maximum absolute atomic E-state index is 12.6. The Bertz CT molecular complexity index is 1020. The fourth-order valence-corrected chi connectivity index (χ4v) is 4.37. The van der Waals surface area contributed by atoms with Crippen LogP contribution >= 0.6 is 0 Å². The van der Waals surface area contributed by atoms with Crippen LogP contribution in [0, 0.1) is 0 Å². The second kappa shape index (κ2) is 7.04. The van der Waals surface area contributed by atoms with Crippen LogP contribution in [0.5, 0.6) is 0 Å². The minimum absolute atomic E-state index is 0.349. The number of aromatic amines is 1. The standard InChI is InChI=1S/C21H22N4O4/c1-27-20(26)16-17(14-5-3-2-4-6-14)29-24-19(16)25-10-8-21(9-11-25)18-15(7-12-28-21)13-22-23-18/h2-6,13H,7-12H2,1H3,(H,22,23). The number of hydrogen-bond acceptors (Lipinski definition) is 7. The zero-order chi connectivity index (χ0) is 19.8. The van der Waals surface area contributed by atoms with Gasteiger partial charge < -0.3 is 18.9 Å². The maximum Gasteiger partial charge on any atom is 0.345 e. The average Bonchev–Trinajstić information content (AvgIpc) is 3.43. The first-order valence-electron chi connectivity index (χ1n) is 9.77. The van der Waals surface area contributed by atoms with Gasteiger partial charge in [0.15, 0.2) is 17.1 Å². The van der Waals surface area contributed by atoms with Gasteiger partial charge in [0.2, 0.25) is 0 Å². The first-order chi connectivity index (χ1) is 14.2. The third-order valence-corrected chi connectivity index (χ3v) is 5.89. The number of anilines is 1. The summed E-state index contributed by atoms with van der Waals surface area (Å²) in [5.74, 6) is 0.494. The normalized spacial score (nSPS) is 17.9. The number of benzene rings is 1. The van der Waals surface area contributed by atoms with E-state index in [1.807, 2.05) is 36.5 Å². The lowest BCUT2D eigenvalue weighted by Gasteiger charge is -2.43. The molecule has 0 amide bonds. The summed E-state index contributed by atoms with van der Waals surface area (Å²) in [6.45, 7) is 2.06. The zero-order valence-electron chi connectivity index (χ0n) is 16.2. The number of H-pyrrole nitrogens is 1. The first-order valence-corrected chi connectivity index (χ1v) is 9.77. The molecule has 1 aromatic carbocycles. The van der Waals surface area contributed by atoms with E-state index in [1.165, 1.54) is 12.7 Å². The van der Waals surface area contributed by atoms with Crippen LogP contribution < -0.4 is 4.90 Å². The fourth-order valence-electron chi connectivity index (χ4n) is 4.37. The number of fused-ring (bicyclic) bond motifs is 2. The van der Waals surface area contributed by atoms with Crippen molar-refractivity contribution < 1.29 is 18.8 Å². The molecule has 2 aliphatic rings. The van der Waals surface area contributed by atoms with E-state index in [1.54, 1.807) is 0 Å². The lowest BCUT2D eigenvalue weighted by molar-refractivity contribution is -0.0796. The third-order valence-electron chi connectivity index (χ3n) is 5.89. The number of nitrogens with one attached hydrogen (secondary N) is 1. The summed E-state index contributed by atoms with van der Waals surface area (Å²) >= 11 is 0. The van der Waals surface area contributed by atoms with E-state index in [4.69, 9.17) is 14.0 Å². The van der Waals surface area contributed by atoms with Crippen LogP contribution in [0.15, 0.2) is 41.1 Å².